The number of amides is 1. The van der Waals surface area contributed by atoms with Crippen molar-refractivity contribution >= 4 is 34.4 Å². The Morgan fingerprint density at radius 1 is 1.12 bits per heavy atom. The van der Waals surface area contributed by atoms with E-state index in [2.05, 4.69) is 16.5 Å². The molecule has 0 saturated carbocycles. The van der Waals surface area contributed by atoms with Crippen LogP contribution in [-0.4, -0.2) is 60.6 Å². The van der Waals surface area contributed by atoms with Crippen LogP contribution in [0.25, 0.3) is 28.0 Å². The Balaban J connectivity index is 1.84. The molecule has 1 N–H and O–H groups in total. The summed E-state index contributed by atoms with van der Waals surface area (Å²) < 4.78 is 1.53. The van der Waals surface area contributed by atoms with Crippen LogP contribution in [-0.2, 0) is 4.79 Å². The number of hydrogen-bond donors (Lipinski definition) is 1. The van der Waals surface area contributed by atoms with Crippen LogP contribution in [0.1, 0.15) is 63.5 Å². The molecule has 0 spiro atoms. The SMILES string of the molecule is C=CC(=O)N1CC(C)N(c2nc(=O)n(-c3c(C)ccnc3C(C)C)c3nc(-c4ccccc4C(C)O)c(Cl)cc23)CC1C. The molecule has 1 aromatic carbocycles. The quantitative estimate of drug-likeness (QED) is 0.288. The Bertz CT molecular complexity index is 1780. The van der Waals surface area contributed by atoms with E-state index in [0.29, 0.717) is 57.5 Å². The number of fused-ring (bicyclic) bond motifs is 1. The lowest BCUT2D eigenvalue weighted by molar-refractivity contribution is -0.128. The first-order valence-corrected chi connectivity index (χ1v) is 14.9. The summed E-state index contributed by atoms with van der Waals surface area (Å²) in [4.78, 5) is 44.8. The van der Waals surface area contributed by atoms with Crippen LogP contribution >= 0.6 is 11.6 Å². The average molecular weight is 601 g/mol. The molecule has 1 fully saturated rings. The number of anilines is 1. The maximum atomic E-state index is 14.1. The van der Waals surface area contributed by atoms with Gasteiger partial charge in [-0.3, -0.25) is 9.78 Å². The van der Waals surface area contributed by atoms with Gasteiger partial charge < -0.3 is 14.9 Å². The summed E-state index contributed by atoms with van der Waals surface area (Å²) in [6, 6.07) is 10.8. The lowest BCUT2D eigenvalue weighted by Gasteiger charge is -2.44. The summed E-state index contributed by atoms with van der Waals surface area (Å²) in [6.07, 6.45) is 2.31. The van der Waals surface area contributed by atoms with E-state index in [0.717, 1.165) is 11.3 Å². The normalized spacial score (nSPS) is 17.9. The number of halogens is 1. The minimum atomic E-state index is -0.759. The molecule has 5 rings (SSSR count). The summed E-state index contributed by atoms with van der Waals surface area (Å²) in [5, 5.41) is 11.5. The molecule has 0 aliphatic carbocycles. The number of nitrogens with zero attached hydrogens (tertiary/aromatic N) is 6. The zero-order chi connectivity index (χ0) is 31.2. The largest absolute Gasteiger partial charge is 0.389 e. The highest BCUT2D eigenvalue weighted by Crippen LogP contribution is 2.38. The van der Waals surface area contributed by atoms with Crippen molar-refractivity contribution in [1.82, 2.24) is 24.4 Å². The van der Waals surface area contributed by atoms with Gasteiger partial charge >= 0.3 is 5.69 Å². The van der Waals surface area contributed by atoms with Gasteiger partial charge in [-0.2, -0.15) is 4.98 Å². The summed E-state index contributed by atoms with van der Waals surface area (Å²) in [5.74, 6) is 0.348. The molecular weight excluding hydrogens is 564 g/mol. The standard InChI is InChI=1S/C33H37ClN6O3/c1-8-27(42)38-16-21(6)39(17-20(38)5)31-25-15-26(34)29(24-12-10-9-11-23(24)22(7)41)36-32(25)40(33(43)37-31)30-19(4)13-14-35-28(30)18(2)3/h8-15,18,20-22,41H,1,16-17H2,2-7H3. The van der Waals surface area contributed by atoms with E-state index in [-0.39, 0.29) is 23.9 Å². The van der Waals surface area contributed by atoms with Crippen molar-refractivity contribution < 1.29 is 9.90 Å². The molecule has 0 radical (unpaired) electrons. The predicted molar refractivity (Wildman–Crippen MR) is 171 cm³/mol. The third-order valence-electron chi connectivity index (χ3n) is 8.11. The average Bonchev–Trinajstić information content (AvgIpc) is 2.97. The van der Waals surface area contributed by atoms with Gasteiger partial charge in [0.2, 0.25) is 5.91 Å². The van der Waals surface area contributed by atoms with E-state index in [1.807, 2.05) is 69.9 Å². The van der Waals surface area contributed by atoms with Crippen LogP contribution < -0.4 is 10.6 Å². The number of pyridine rings is 2. The molecule has 1 aliphatic rings. The molecule has 1 aliphatic heterocycles. The van der Waals surface area contributed by atoms with Crippen LogP contribution in [0.2, 0.25) is 5.02 Å². The van der Waals surface area contributed by atoms with Crippen molar-refractivity contribution in [3.05, 3.63) is 87.6 Å². The van der Waals surface area contributed by atoms with Gasteiger partial charge in [0, 0.05) is 36.9 Å². The number of aromatic nitrogens is 4. The van der Waals surface area contributed by atoms with Crippen molar-refractivity contribution in [1.29, 1.82) is 0 Å². The summed E-state index contributed by atoms with van der Waals surface area (Å²) in [7, 11) is 0. The van der Waals surface area contributed by atoms with Gasteiger partial charge in [0.1, 0.15) is 5.82 Å². The maximum Gasteiger partial charge on any atom is 0.355 e. The molecule has 3 aromatic heterocycles. The highest BCUT2D eigenvalue weighted by Gasteiger charge is 2.34. The van der Waals surface area contributed by atoms with Gasteiger partial charge in [-0.15, -0.1) is 0 Å². The number of rotatable bonds is 6. The van der Waals surface area contributed by atoms with Gasteiger partial charge in [-0.25, -0.2) is 14.3 Å². The first-order valence-electron chi connectivity index (χ1n) is 14.5. The van der Waals surface area contributed by atoms with Crippen molar-refractivity contribution in [2.75, 3.05) is 18.0 Å². The molecule has 3 unspecified atom stereocenters. The second-order valence-corrected chi connectivity index (χ2v) is 12.0. The van der Waals surface area contributed by atoms with Crippen molar-refractivity contribution in [3.63, 3.8) is 0 Å². The minimum absolute atomic E-state index is 0.0237. The van der Waals surface area contributed by atoms with E-state index in [1.165, 1.54) is 10.6 Å². The second-order valence-electron chi connectivity index (χ2n) is 11.6. The zero-order valence-corrected chi connectivity index (χ0v) is 26.1. The first-order chi connectivity index (χ1) is 20.4. The summed E-state index contributed by atoms with van der Waals surface area (Å²) in [5.41, 5.74) is 3.94. The van der Waals surface area contributed by atoms with Gasteiger partial charge in [-0.1, -0.05) is 56.3 Å². The number of aliphatic hydroxyl groups is 1. The molecule has 1 saturated heterocycles. The Morgan fingerprint density at radius 3 is 2.51 bits per heavy atom. The minimum Gasteiger partial charge on any atom is -0.389 e. The number of carbonyl (C=O) groups excluding carboxylic acids is 1. The summed E-state index contributed by atoms with van der Waals surface area (Å²) >= 11 is 6.97. The lowest BCUT2D eigenvalue weighted by Crippen LogP contribution is -2.58. The topological polar surface area (TPSA) is 104 Å². The Morgan fingerprint density at radius 2 is 1.84 bits per heavy atom. The fourth-order valence-electron chi connectivity index (χ4n) is 5.92. The summed E-state index contributed by atoms with van der Waals surface area (Å²) in [6.45, 7) is 16.2. The van der Waals surface area contributed by atoms with Gasteiger partial charge in [-0.05, 0) is 62.9 Å². The monoisotopic (exact) mass is 600 g/mol. The molecule has 43 heavy (non-hydrogen) atoms. The number of aliphatic hydroxyl groups excluding tert-OH is 1. The second kappa shape index (κ2) is 11.9. The highest BCUT2D eigenvalue weighted by atomic mass is 35.5. The Hall–Kier alpha value is -4.08. The van der Waals surface area contributed by atoms with Gasteiger partial charge in [0.25, 0.3) is 0 Å². The molecular formula is C33H37ClN6O3. The van der Waals surface area contributed by atoms with Crippen LogP contribution in [0, 0.1) is 6.92 Å². The van der Waals surface area contributed by atoms with E-state index in [4.69, 9.17) is 16.6 Å². The molecule has 4 heterocycles. The van der Waals surface area contributed by atoms with Crippen LogP contribution in [0.3, 0.4) is 0 Å². The lowest BCUT2D eigenvalue weighted by atomic mass is 9.99. The molecule has 1 amide bonds. The van der Waals surface area contributed by atoms with Crippen molar-refractivity contribution in [2.45, 2.75) is 65.6 Å². The molecule has 224 valence electrons. The van der Waals surface area contributed by atoms with E-state index in [1.54, 1.807) is 24.1 Å². The van der Waals surface area contributed by atoms with Crippen molar-refractivity contribution in [3.8, 4) is 16.9 Å². The molecule has 9 nitrogen and oxygen atoms in total. The van der Waals surface area contributed by atoms with E-state index < -0.39 is 11.8 Å². The number of benzene rings is 1. The highest BCUT2D eigenvalue weighted by molar-refractivity contribution is 6.34. The van der Waals surface area contributed by atoms with Crippen LogP contribution in [0.5, 0.6) is 0 Å². The smallest absolute Gasteiger partial charge is 0.355 e. The first kappa shape index (κ1) is 30.4. The van der Waals surface area contributed by atoms with Gasteiger partial charge in [0.05, 0.1) is 33.6 Å². The fraction of sp³-hybridized carbons (Fsp3) is 0.364. The number of carbonyl (C=O) groups is 1. The van der Waals surface area contributed by atoms with Crippen LogP contribution in [0.15, 0.2) is 60.0 Å². The number of aryl methyl sites for hydroxylation is 1. The number of piperazine rings is 1. The maximum absolute atomic E-state index is 14.1. The third kappa shape index (κ3) is 5.43. The Kier molecular flexibility index (Phi) is 8.40. The fourth-order valence-corrected chi connectivity index (χ4v) is 6.18. The van der Waals surface area contributed by atoms with Crippen LogP contribution in [0.4, 0.5) is 5.82 Å². The van der Waals surface area contributed by atoms with Gasteiger partial charge in [0.15, 0.2) is 5.65 Å². The number of hydrogen-bond acceptors (Lipinski definition) is 7. The predicted octanol–water partition coefficient (Wildman–Crippen LogP) is 5.59. The molecule has 3 atom stereocenters. The Labute approximate surface area is 256 Å². The molecule has 10 heteroatoms. The molecule has 4 aromatic rings. The zero-order valence-electron chi connectivity index (χ0n) is 25.4. The van der Waals surface area contributed by atoms with E-state index >= 15 is 0 Å². The van der Waals surface area contributed by atoms with Crippen molar-refractivity contribution in [2.24, 2.45) is 0 Å². The third-order valence-corrected chi connectivity index (χ3v) is 8.40. The molecule has 0 bridgehead atoms. The van der Waals surface area contributed by atoms with E-state index in [9.17, 15) is 14.7 Å².